The number of hydrogen-bond acceptors (Lipinski definition) is 5. The zero-order valence-corrected chi connectivity index (χ0v) is 14.9. The molecule has 2 N–H and O–H groups in total. The third-order valence-electron chi connectivity index (χ3n) is 5.00. The van der Waals surface area contributed by atoms with E-state index in [1.807, 2.05) is 0 Å². The molecule has 0 atom stereocenters. The van der Waals surface area contributed by atoms with Crippen LogP contribution in [0.1, 0.15) is 54.8 Å². The lowest BCUT2D eigenvalue weighted by atomic mass is 9.98. The van der Waals surface area contributed by atoms with Crippen molar-refractivity contribution in [3.63, 3.8) is 0 Å². The van der Waals surface area contributed by atoms with Crippen LogP contribution in [0.15, 0.2) is 15.4 Å². The lowest BCUT2D eigenvalue weighted by Gasteiger charge is -2.24. The Morgan fingerprint density at radius 1 is 1.20 bits per heavy atom. The fourth-order valence-corrected chi connectivity index (χ4v) is 5.23. The van der Waals surface area contributed by atoms with Gasteiger partial charge in [-0.1, -0.05) is 12.8 Å². The summed E-state index contributed by atoms with van der Waals surface area (Å²) in [5.41, 5.74) is -1.30. The fraction of sp³-hybridized carbons (Fsp3) is 0.625. The second kappa shape index (κ2) is 6.45. The van der Waals surface area contributed by atoms with E-state index in [1.54, 1.807) is 0 Å². The summed E-state index contributed by atoms with van der Waals surface area (Å²) in [5, 5.41) is 12.0. The van der Waals surface area contributed by atoms with Crippen LogP contribution in [0.3, 0.4) is 0 Å². The summed E-state index contributed by atoms with van der Waals surface area (Å²) in [6.07, 6.45) is 3.77. The second-order valence-electron chi connectivity index (χ2n) is 6.69. The summed E-state index contributed by atoms with van der Waals surface area (Å²) in [7, 11) is -3.70. The highest BCUT2D eigenvalue weighted by atomic mass is 32.2. The van der Waals surface area contributed by atoms with E-state index >= 15 is 0 Å². The van der Waals surface area contributed by atoms with Crippen molar-refractivity contribution in [3.8, 4) is 0 Å². The lowest BCUT2D eigenvalue weighted by Crippen LogP contribution is -2.52. The molecular weight excluding hydrogens is 348 g/mol. The average Bonchev–Trinajstić information content (AvgIpc) is 3.27. The predicted molar refractivity (Wildman–Crippen MR) is 87.7 cm³/mol. The van der Waals surface area contributed by atoms with Gasteiger partial charge in [0.25, 0.3) is 5.91 Å². The second-order valence-corrected chi connectivity index (χ2v) is 8.60. The minimum absolute atomic E-state index is 0.0321. The Balaban J connectivity index is 1.84. The van der Waals surface area contributed by atoms with Gasteiger partial charge in [0.05, 0.1) is 0 Å². The van der Waals surface area contributed by atoms with Gasteiger partial charge in [0.2, 0.25) is 10.0 Å². The number of amides is 1. The molecular formula is C16H22N2O6S. The van der Waals surface area contributed by atoms with Crippen LogP contribution in [-0.4, -0.2) is 48.3 Å². The van der Waals surface area contributed by atoms with Crippen LogP contribution in [-0.2, 0) is 14.8 Å². The van der Waals surface area contributed by atoms with E-state index in [-0.39, 0.29) is 16.4 Å². The molecule has 25 heavy (non-hydrogen) atoms. The standard InChI is InChI=1S/C16H22N2O6S/c1-11-13(25(22,23)18-8-4-5-9-18)10-12(24-11)14(19)17-16(15(20)21)6-2-3-7-16/h10H,2-9H2,1H3,(H,17,19)(H,20,21). The van der Waals surface area contributed by atoms with Crippen molar-refractivity contribution in [2.45, 2.75) is 55.9 Å². The van der Waals surface area contributed by atoms with E-state index in [9.17, 15) is 23.1 Å². The molecule has 1 aromatic rings. The number of nitrogens with zero attached hydrogens (tertiary/aromatic N) is 1. The van der Waals surface area contributed by atoms with E-state index < -0.39 is 27.4 Å². The van der Waals surface area contributed by atoms with E-state index in [0.717, 1.165) is 25.7 Å². The van der Waals surface area contributed by atoms with E-state index in [4.69, 9.17) is 4.42 Å². The van der Waals surface area contributed by atoms with Gasteiger partial charge >= 0.3 is 5.97 Å². The molecule has 2 heterocycles. The summed E-state index contributed by atoms with van der Waals surface area (Å²) < 4.78 is 32.0. The fourth-order valence-electron chi connectivity index (χ4n) is 3.55. The van der Waals surface area contributed by atoms with Gasteiger partial charge in [-0.15, -0.1) is 0 Å². The first-order chi connectivity index (χ1) is 11.8. The summed E-state index contributed by atoms with van der Waals surface area (Å²) in [6.45, 7) is 2.40. The maximum Gasteiger partial charge on any atom is 0.329 e. The van der Waals surface area contributed by atoms with Crippen molar-refractivity contribution in [2.24, 2.45) is 0 Å². The summed E-state index contributed by atoms with van der Waals surface area (Å²) in [5.74, 6) is -1.82. The number of rotatable bonds is 5. The number of carboxylic acid groups (broad SMARTS) is 1. The minimum atomic E-state index is -3.70. The Hall–Kier alpha value is -1.87. The van der Waals surface area contributed by atoms with E-state index in [2.05, 4.69) is 5.32 Å². The van der Waals surface area contributed by atoms with Crippen LogP contribution >= 0.6 is 0 Å². The Bertz CT molecular complexity index is 786. The summed E-state index contributed by atoms with van der Waals surface area (Å²) in [4.78, 5) is 24.0. The number of aliphatic carboxylic acids is 1. The van der Waals surface area contributed by atoms with Crippen molar-refractivity contribution >= 4 is 21.9 Å². The Kier molecular flexibility index (Phi) is 4.63. The smallest absolute Gasteiger partial charge is 0.329 e. The molecule has 138 valence electrons. The van der Waals surface area contributed by atoms with Crippen molar-refractivity contribution < 1.29 is 27.5 Å². The van der Waals surface area contributed by atoms with Gasteiger partial charge in [-0.2, -0.15) is 4.31 Å². The maximum atomic E-state index is 12.6. The molecule has 1 saturated heterocycles. The number of sulfonamides is 1. The van der Waals surface area contributed by atoms with Crippen LogP contribution < -0.4 is 5.32 Å². The number of carbonyl (C=O) groups excluding carboxylic acids is 1. The van der Waals surface area contributed by atoms with Gasteiger partial charge in [-0.05, 0) is 32.6 Å². The zero-order valence-electron chi connectivity index (χ0n) is 14.1. The first-order valence-corrected chi connectivity index (χ1v) is 9.87. The number of furan rings is 1. The third-order valence-corrected chi connectivity index (χ3v) is 7.00. The number of nitrogens with one attached hydrogen (secondary N) is 1. The first-order valence-electron chi connectivity index (χ1n) is 8.43. The molecule has 0 bridgehead atoms. The molecule has 1 aromatic heterocycles. The molecule has 1 aliphatic heterocycles. The van der Waals surface area contributed by atoms with Gasteiger partial charge in [-0.25, -0.2) is 13.2 Å². The van der Waals surface area contributed by atoms with E-state index in [0.29, 0.717) is 25.9 Å². The van der Waals surface area contributed by atoms with Crippen molar-refractivity contribution in [3.05, 3.63) is 17.6 Å². The molecule has 0 unspecified atom stereocenters. The number of hydrogen-bond donors (Lipinski definition) is 2. The molecule has 1 amide bonds. The molecule has 2 aliphatic rings. The first kappa shape index (κ1) is 17.9. The van der Waals surface area contributed by atoms with Crippen LogP contribution in [0.2, 0.25) is 0 Å². The number of carboxylic acids is 1. The summed E-state index contributed by atoms with van der Waals surface area (Å²) >= 11 is 0. The molecule has 8 nitrogen and oxygen atoms in total. The largest absolute Gasteiger partial charge is 0.480 e. The molecule has 0 radical (unpaired) electrons. The Morgan fingerprint density at radius 3 is 2.36 bits per heavy atom. The Morgan fingerprint density at radius 2 is 1.80 bits per heavy atom. The minimum Gasteiger partial charge on any atom is -0.480 e. The monoisotopic (exact) mass is 370 g/mol. The van der Waals surface area contributed by atoms with Crippen molar-refractivity contribution in [1.29, 1.82) is 0 Å². The quantitative estimate of drug-likeness (QED) is 0.811. The summed E-state index contributed by atoms with van der Waals surface area (Å²) in [6, 6.07) is 1.20. The van der Waals surface area contributed by atoms with Gasteiger partial charge in [0, 0.05) is 19.2 Å². The highest BCUT2D eigenvalue weighted by molar-refractivity contribution is 7.89. The Labute approximate surface area is 146 Å². The van der Waals surface area contributed by atoms with Crippen LogP contribution in [0, 0.1) is 6.92 Å². The molecule has 1 aliphatic carbocycles. The molecule has 2 fully saturated rings. The average molecular weight is 370 g/mol. The van der Waals surface area contributed by atoms with Crippen LogP contribution in [0.5, 0.6) is 0 Å². The van der Waals surface area contributed by atoms with E-state index in [1.165, 1.54) is 17.3 Å². The molecule has 0 aromatic carbocycles. The number of carbonyl (C=O) groups is 2. The van der Waals surface area contributed by atoms with Crippen LogP contribution in [0.4, 0.5) is 0 Å². The molecule has 0 spiro atoms. The zero-order chi connectivity index (χ0) is 18.2. The van der Waals surface area contributed by atoms with Crippen molar-refractivity contribution in [1.82, 2.24) is 9.62 Å². The van der Waals surface area contributed by atoms with Gasteiger partial charge < -0.3 is 14.8 Å². The lowest BCUT2D eigenvalue weighted by molar-refractivity contribution is -0.144. The highest BCUT2D eigenvalue weighted by Crippen LogP contribution is 2.31. The molecule has 1 saturated carbocycles. The van der Waals surface area contributed by atoms with Crippen LogP contribution in [0.25, 0.3) is 0 Å². The molecule has 3 rings (SSSR count). The number of aryl methyl sites for hydroxylation is 1. The third kappa shape index (κ3) is 3.18. The van der Waals surface area contributed by atoms with Gasteiger partial charge in [-0.3, -0.25) is 4.79 Å². The SMILES string of the molecule is Cc1oc(C(=O)NC2(C(=O)O)CCCC2)cc1S(=O)(=O)N1CCCC1. The molecule has 9 heteroatoms. The maximum absolute atomic E-state index is 12.6. The van der Waals surface area contributed by atoms with Gasteiger partial charge in [0.15, 0.2) is 5.76 Å². The highest BCUT2D eigenvalue weighted by Gasteiger charge is 2.43. The topological polar surface area (TPSA) is 117 Å². The van der Waals surface area contributed by atoms with Gasteiger partial charge in [0.1, 0.15) is 16.2 Å². The predicted octanol–water partition coefficient (Wildman–Crippen LogP) is 1.50. The normalized spacial score (nSPS) is 20.7. The van der Waals surface area contributed by atoms with Crippen molar-refractivity contribution in [2.75, 3.05) is 13.1 Å².